The van der Waals surface area contributed by atoms with Gasteiger partial charge in [-0.05, 0) is 44.1 Å². The number of hydrogen-bond acceptors (Lipinski definition) is 2. The quantitative estimate of drug-likeness (QED) is 0.459. The van der Waals surface area contributed by atoms with Gasteiger partial charge >= 0.3 is 0 Å². The van der Waals surface area contributed by atoms with Gasteiger partial charge in [0.1, 0.15) is 0 Å². The zero-order valence-corrected chi connectivity index (χ0v) is 16.3. The number of allylic oxidation sites excluding steroid dienone is 5. The molecule has 3 heteroatoms. The van der Waals surface area contributed by atoms with E-state index in [1.54, 1.807) is 0 Å². The van der Waals surface area contributed by atoms with E-state index in [1.807, 2.05) is 6.92 Å². The molecule has 0 bridgehead atoms. The third-order valence-corrected chi connectivity index (χ3v) is 4.01. The Morgan fingerprint density at radius 3 is 2.42 bits per heavy atom. The summed E-state index contributed by atoms with van der Waals surface area (Å²) in [5.41, 5.74) is 5.08. The van der Waals surface area contributed by atoms with E-state index >= 15 is 0 Å². The Morgan fingerprint density at radius 2 is 1.88 bits per heavy atom. The summed E-state index contributed by atoms with van der Waals surface area (Å²) in [6.07, 6.45) is 9.40. The number of aliphatic imine (C=N–C) groups is 1. The lowest BCUT2D eigenvalue weighted by atomic mass is 9.92. The van der Waals surface area contributed by atoms with Crippen LogP contribution in [-0.4, -0.2) is 12.4 Å². The standard InChI is InChI=1S/C21H35N3/c1-8-16(2)24-20-11-9-19(10-12-20)15-17(3)23-18(4)22-14-13-21(5,6)7/h9,11,24H,2-3,8,10,12-15H2,1,4-7H3,(H,22,23). The minimum absolute atomic E-state index is 0.328. The normalized spacial score (nSPS) is 15.5. The molecule has 0 heterocycles. The summed E-state index contributed by atoms with van der Waals surface area (Å²) in [6, 6.07) is 0. The molecular formula is C21H35N3. The van der Waals surface area contributed by atoms with Gasteiger partial charge in [-0.25, -0.2) is 0 Å². The van der Waals surface area contributed by atoms with Crippen molar-refractivity contribution < 1.29 is 0 Å². The molecule has 2 N–H and O–H groups in total. The van der Waals surface area contributed by atoms with Gasteiger partial charge in [0.05, 0.1) is 5.84 Å². The van der Waals surface area contributed by atoms with E-state index in [0.717, 1.165) is 55.9 Å². The summed E-state index contributed by atoms with van der Waals surface area (Å²) in [6.45, 7) is 19.9. The fraction of sp³-hybridized carbons (Fsp3) is 0.571. The fourth-order valence-electron chi connectivity index (χ4n) is 2.42. The zero-order valence-electron chi connectivity index (χ0n) is 16.3. The third-order valence-electron chi connectivity index (χ3n) is 4.01. The number of nitrogens with one attached hydrogen (secondary N) is 2. The van der Waals surface area contributed by atoms with Gasteiger partial charge in [0.2, 0.25) is 0 Å². The zero-order chi connectivity index (χ0) is 18.2. The number of hydrogen-bond donors (Lipinski definition) is 2. The molecule has 1 rings (SSSR count). The van der Waals surface area contributed by atoms with Crippen molar-refractivity contribution in [3.05, 3.63) is 48.0 Å². The molecule has 134 valence electrons. The second-order valence-electron chi connectivity index (χ2n) is 7.78. The van der Waals surface area contributed by atoms with Crippen molar-refractivity contribution in [3.8, 4) is 0 Å². The Morgan fingerprint density at radius 1 is 1.17 bits per heavy atom. The average molecular weight is 330 g/mol. The van der Waals surface area contributed by atoms with Gasteiger partial charge in [0.25, 0.3) is 0 Å². The summed E-state index contributed by atoms with van der Waals surface area (Å²) in [5, 5.41) is 6.70. The van der Waals surface area contributed by atoms with Gasteiger partial charge < -0.3 is 10.6 Å². The first-order chi connectivity index (χ1) is 11.2. The maximum absolute atomic E-state index is 4.59. The molecule has 0 unspecified atom stereocenters. The molecule has 3 nitrogen and oxygen atoms in total. The van der Waals surface area contributed by atoms with E-state index in [4.69, 9.17) is 0 Å². The van der Waals surface area contributed by atoms with Gasteiger partial charge in [-0.1, -0.05) is 52.5 Å². The first kappa shape index (κ1) is 20.3. The number of nitrogens with zero attached hydrogens (tertiary/aromatic N) is 1. The average Bonchev–Trinajstić information content (AvgIpc) is 2.47. The van der Waals surface area contributed by atoms with Crippen LogP contribution in [0.25, 0.3) is 0 Å². The van der Waals surface area contributed by atoms with E-state index in [1.165, 1.54) is 11.3 Å². The highest BCUT2D eigenvalue weighted by Crippen LogP contribution is 2.22. The van der Waals surface area contributed by atoms with E-state index in [2.05, 4.69) is 68.6 Å². The monoisotopic (exact) mass is 329 g/mol. The lowest BCUT2D eigenvalue weighted by Crippen LogP contribution is -2.21. The molecule has 1 aliphatic carbocycles. The highest BCUT2D eigenvalue weighted by molar-refractivity contribution is 5.81. The summed E-state index contributed by atoms with van der Waals surface area (Å²) in [5.74, 6) is 0.956. The van der Waals surface area contributed by atoms with Crippen LogP contribution in [0.4, 0.5) is 0 Å². The molecule has 24 heavy (non-hydrogen) atoms. The lowest BCUT2D eigenvalue weighted by Gasteiger charge is -2.19. The van der Waals surface area contributed by atoms with Crippen LogP contribution in [0.5, 0.6) is 0 Å². The Labute approximate surface area is 148 Å². The first-order valence-electron chi connectivity index (χ1n) is 8.99. The summed E-state index contributed by atoms with van der Waals surface area (Å²) in [4.78, 5) is 4.59. The highest BCUT2D eigenvalue weighted by Gasteiger charge is 2.10. The first-order valence-corrected chi connectivity index (χ1v) is 8.99. The second-order valence-corrected chi connectivity index (χ2v) is 7.78. The summed E-state index contributed by atoms with van der Waals surface area (Å²) in [7, 11) is 0. The molecular weight excluding hydrogens is 294 g/mol. The van der Waals surface area contributed by atoms with E-state index in [9.17, 15) is 0 Å². The van der Waals surface area contributed by atoms with Crippen molar-refractivity contribution in [2.45, 2.75) is 66.7 Å². The SMILES string of the molecule is C=C(CC)NC1=CC=C(CC(=C)NC(C)=NCCC(C)(C)C)CC1. The van der Waals surface area contributed by atoms with Crippen LogP contribution >= 0.6 is 0 Å². The minimum Gasteiger partial charge on any atom is -0.363 e. The van der Waals surface area contributed by atoms with Gasteiger partial charge in [0, 0.05) is 30.1 Å². The van der Waals surface area contributed by atoms with Gasteiger partial charge in [-0.15, -0.1) is 0 Å². The molecule has 0 amide bonds. The van der Waals surface area contributed by atoms with Crippen LogP contribution in [-0.2, 0) is 0 Å². The molecule has 0 aromatic heterocycles. The van der Waals surface area contributed by atoms with Gasteiger partial charge in [-0.3, -0.25) is 4.99 Å². The van der Waals surface area contributed by atoms with Crippen LogP contribution in [0, 0.1) is 5.41 Å². The Hall–Kier alpha value is -1.77. The van der Waals surface area contributed by atoms with Crippen LogP contribution in [0.15, 0.2) is 53.0 Å². The van der Waals surface area contributed by atoms with Crippen molar-refractivity contribution in [2.24, 2.45) is 10.4 Å². The van der Waals surface area contributed by atoms with Gasteiger partial charge in [0.15, 0.2) is 0 Å². The van der Waals surface area contributed by atoms with Crippen molar-refractivity contribution in [1.82, 2.24) is 10.6 Å². The van der Waals surface area contributed by atoms with E-state index < -0.39 is 0 Å². The number of amidine groups is 1. The van der Waals surface area contributed by atoms with Crippen molar-refractivity contribution in [1.29, 1.82) is 0 Å². The Bertz CT molecular complexity index is 542. The predicted octanol–water partition coefficient (Wildman–Crippen LogP) is 5.45. The molecule has 0 atom stereocenters. The maximum Gasteiger partial charge on any atom is 0.0973 e. The molecule has 0 aromatic rings. The molecule has 0 aliphatic heterocycles. The minimum atomic E-state index is 0.328. The van der Waals surface area contributed by atoms with Crippen LogP contribution in [0.2, 0.25) is 0 Å². The second kappa shape index (κ2) is 9.51. The Kier molecular flexibility index (Phi) is 8.03. The van der Waals surface area contributed by atoms with Crippen LogP contribution in [0.3, 0.4) is 0 Å². The molecule has 0 spiro atoms. The van der Waals surface area contributed by atoms with E-state index in [0.29, 0.717) is 5.41 Å². The molecule has 0 radical (unpaired) electrons. The highest BCUT2D eigenvalue weighted by atomic mass is 15.0. The van der Waals surface area contributed by atoms with E-state index in [-0.39, 0.29) is 0 Å². The predicted molar refractivity (Wildman–Crippen MR) is 107 cm³/mol. The summed E-state index contributed by atoms with van der Waals surface area (Å²) >= 11 is 0. The molecule has 0 saturated carbocycles. The summed E-state index contributed by atoms with van der Waals surface area (Å²) < 4.78 is 0. The smallest absolute Gasteiger partial charge is 0.0973 e. The van der Waals surface area contributed by atoms with Crippen molar-refractivity contribution >= 4 is 5.84 Å². The van der Waals surface area contributed by atoms with Crippen molar-refractivity contribution in [3.63, 3.8) is 0 Å². The fourth-order valence-corrected chi connectivity index (χ4v) is 2.42. The topological polar surface area (TPSA) is 36.4 Å². The van der Waals surface area contributed by atoms with Gasteiger partial charge in [-0.2, -0.15) is 0 Å². The molecule has 0 fully saturated rings. The molecule has 1 aliphatic rings. The number of rotatable bonds is 8. The van der Waals surface area contributed by atoms with Crippen LogP contribution < -0.4 is 10.6 Å². The Balaban J connectivity index is 2.43. The van der Waals surface area contributed by atoms with Crippen molar-refractivity contribution in [2.75, 3.05) is 6.54 Å². The third kappa shape index (κ3) is 8.76. The lowest BCUT2D eigenvalue weighted by molar-refractivity contribution is 0.385. The van der Waals surface area contributed by atoms with Crippen LogP contribution in [0.1, 0.15) is 66.7 Å². The largest absolute Gasteiger partial charge is 0.363 e. The maximum atomic E-state index is 4.59. The molecule has 0 saturated heterocycles. The molecule has 0 aromatic carbocycles.